The van der Waals surface area contributed by atoms with E-state index in [9.17, 15) is 0 Å². The molecular formula is C21H30NS+. The summed E-state index contributed by atoms with van der Waals surface area (Å²) in [4.78, 5) is 1.61. The van der Waals surface area contributed by atoms with E-state index in [0.717, 1.165) is 0 Å². The molecule has 2 heteroatoms. The number of para-hydroxylation sites is 1. The van der Waals surface area contributed by atoms with Crippen LogP contribution in [0.3, 0.4) is 0 Å². The molecule has 0 fully saturated rings. The van der Waals surface area contributed by atoms with Gasteiger partial charge in [-0.1, -0.05) is 71.1 Å². The van der Waals surface area contributed by atoms with E-state index in [1.54, 1.807) is 10.6 Å². The Bertz CT molecular complexity index is 690. The van der Waals surface area contributed by atoms with Gasteiger partial charge in [-0.25, -0.2) is 0 Å². The van der Waals surface area contributed by atoms with Crippen LogP contribution in [-0.2, 0) is 5.41 Å². The van der Waals surface area contributed by atoms with Gasteiger partial charge in [0.05, 0.1) is 4.88 Å². The summed E-state index contributed by atoms with van der Waals surface area (Å²) < 4.78 is 2.51. The maximum absolute atomic E-state index is 2.51. The van der Waals surface area contributed by atoms with E-state index >= 15 is 0 Å². The minimum absolute atomic E-state index is 0.159. The predicted octanol–water partition coefficient (Wildman–Crippen LogP) is 5.96. The molecular weight excluding hydrogens is 298 g/mol. The van der Waals surface area contributed by atoms with Gasteiger partial charge in [0, 0.05) is 17.5 Å². The molecule has 1 heterocycles. The molecule has 0 unspecified atom stereocenters. The third-order valence-electron chi connectivity index (χ3n) is 5.28. The number of fused-ring (bicyclic) bond motifs is 1. The van der Waals surface area contributed by atoms with E-state index in [2.05, 4.69) is 75.9 Å². The maximum Gasteiger partial charge on any atom is 0.231 e. The first-order chi connectivity index (χ1) is 10.8. The molecule has 1 aromatic heterocycles. The van der Waals surface area contributed by atoms with Crippen LogP contribution in [-0.4, -0.2) is 0 Å². The topological polar surface area (TPSA) is 3.88 Å². The first-order valence-corrected chi connectivity index (χ1v) is 9.81. The van der Waals surface area contributed by atoms with Crippen molar-refractivity contribution in [1.29, 1.82) is 0 Å². The summed E-state index contributed by atoms with van der Waals surface area (Å²) >= 11 is 1.96. The quantitative estimate of drug-likeness (QED) is 0.599. The zero-order valence-corrected chi connectivity index (χ0v) is 16.2. The lowest BCUT2D eigenvalue weighted by Gasteiger charge is -2.27. The number of rotatable bonds is 2. The molecule has 0 spiro atoms. The molecule has 23 heavy (non-hydrogen) atoms. The molecule has 1 nitrogen and oxygen atoms in total. The van der Waals surface area contributed by atoms with Crippen LogP contribution in [0.25, 0.3) is 5.69 Å². The summed E-state index contributed by atoms with van der Waals surface area (Å²) in [5, 5.41) is 0. The number of thiazole rings is 1. The van der Waals surface area contributed by atoms with Crippen molar-refractivity contribution in [3.63, 3.8) is 0 Å². The van der Waals surface area contributed by atoms with Crippen LogP contribution in [0.5, 0.6) is 0 Å². The highest BCUT2D eigenvalue weighted by molar-refractivity contribution is 7.09. The fourth-order valence-electron chi connectivity index (χ4n) is 3.93. The number of nitrogens with zero attached hydrogens (tertiary/aromatic N) is 1. The zero-order chi connectivity index (χ0) is 16.8. The lowest BCUT2D eigenvalue weighted by molar-refractivity contribution is -0.602. The lowest BCUT2D eigenvalue weighted by atomic mass is 9.78. The largest absolute Gasteiger partial charge is 0.231 e. The van der Waals surface area contributed by atoms with Crippen LogP contribution >= 0.6 is 11.3 Å². The van der Waals surface area contributed by atoms with Crippen LogP contribution < -0.4 is 4.57 Å². The van der Waals surface area contributed by atoms with Crippen molar-refractivity contribution >= 4 is 11.3 Å². The fourth-order valence-corrected chi connectivity index (χ4v) is 5.09. The first kappa shape index (κ1) is 16.7. The molecule has 124 valence electrons. The van der Waals surface area contributed by atoms with E-state index in [1.807, 2.05) is 11.3 Å². The van der Waals surface area contributed by atoms with Crippen LogP contribution in [0.1, 0.15) is 82.4 Å². The van der Waals surface area contributed by atoms with Gasteiger partial charge in [0.1, 0.15) is 0 Å². The normalized spacial score (nSPS) is 21.5. The van der Waals surface area contributed by atoms with Gasteiger partial charge in [0.15, 0.2) is 0 Å². The summed E-state index contributed by atoms with van der Waals surface area (Å²) in [6.07, 6.45) is 2.65. The smallest absolute Gasteiger partial charge is 0.153 e. The van der Waals surface area contributed by atoms with Crippen LogP contribution in [0, 0.1) is 5.92 Å². The third-order valence-corrected chi connectivity index (χ3v) is 6.46. The molecule has 1 aliphatic rings. The average Bonchev–Trinajstić information content (AvgIpc) is 2.92. The zero-order valence-electron chi connectivity index (χ0n) is 15.4. The molecule has 2 aromatic rings. The van der Waals surface area contributed by atoms with E-state index < -0.39 is 0 Å². The standard InChI is InChI=1S/C21H30NS/c1-14(2)16-12-11-15(3)20-19(16)22(13-23-20)18-10-8-7-9-17(18)21(4,5)6/h7-10,13-16H,11-12H2,1-6H3/q+1/t15-,16+/m1/s1. The summed E-state index contributed by atoms with van der Waals surface area (Å²) in [6.45, 7) is 14.1. The van der Waals surface area contributed by atoms with Gasteiger partial charge in [-0.2, -0.15) is 4.57 Å². The van der Waals surface area contributed by atoms with Crippen LogP contribution in [0.4, 0.5) is 0 Å². The molecule has 0 radical (unpaired) electrons. The molecule has 0 saturated carbocycles. The molecule has 0 bridgehead atoms. The van der Waals surface area contributed by atoms with Gasteiger partial charge in [0.2, 0.25) is 16.9 Å². The first-order valence-electron chi connectivity index (χ1n) is 8.93. The van der Waals surface area contributed by atoms with Crippen molar-refractivity contribution < 1.29 is 4.57 Å². The molecule has 3 rings (SSSR count). The second kappa shape index (κ2) is 6.05. The number of hydrogen-bond donors (Lipinski definition) is 0. The Kier molecular flexibility index (Phi) is 4.39. The molecule has 0 N–H and O–H groups in total. The Labute approximate surface area is 145 Å². The Balaban J connectivity index is 2.21. The monoisotopic (exact) mass is 328 g/mol. The minimum Gasteiger partial charge on any atom is -0.153 e. The van der Waals surface area contributed by atoms with Gasteiger partial charge in [-0.05, 0) is 30.1 Å². The summed E-state index contributed by atoms with van der Waals surface area (Å²) in [6, 6.07) is 8.94. The number of benzene rings is 1. The second-order valence-electron chi connectivity index (χ2n) is 8.44. The van der Waals surface area contributed by atoms with Crippen LogP contribution in [0.2, 0.25) is 0 Å². The number of aromatic nitrogens is 1. The molecule has 1 aromatic carbocycles. The van der Waals surface area contributed by atoms with Gasteiger partial charge < -0.3 is 0 Å². The van der Waals surface area contributed by atoms with Crippen molar-refractivity contribution in [2.45, 2.75) is 71.6 Å². The van der Waals surface area contributed by atoms with Crippen molar-refractivity contribution in [2.24, 2.45) is 5.92 Å². The van der Waals surface area contributed by atoms with E-state index in [1.165, 1.54) is 24.1 Å². The summed E-state index contributed by atoms with van der Waals surface area (Å²) in [5.74, 6) is 2.08. The van der Waals surface area contributed by atoms with Crippen molar-refractivity contribution in [2.75, 3.05) is 0 Å². The van der Waals surface area contributed by atoms with Crippen LogP contribution in [0.15, 0.2) is 29.8 Å². The van der Waals surface area contributed by atoms with Gasteiger partial charge >= 0.3 is 0 Å². The van der Waals surface area contributed by atoms with Crippen molar-refractivity contribution in [3.05, 3.63) is 45.9 Å². The minimum atomic E-state index is 0.159. The Hall–Kier alpha value is -1.15. The Morgan fingerprint density at radius 3 is 2.48 bits per heavy atom. The SMILES string of the molecule is CC(C)[C@@H]1CC[C@@H](C)c2sc[n+](-c3ccccc3C(C)(C)C)c21. The van der Waals surface area contributed by atoms with Gasteiger partial charge in [-0.3, -0.25) is 0 Å². The van der Waals surface area contributed by atoms with E-state index in [-0.39, 0.29) is 5.41 Å². The molecule has 2 atom stereocenters. The lowest BCUT2D eigenvalue weighted by Crippen LogP contribution is -2.39. The van der Waals surface area contributed by atoms with Crippen molar-refractivity contribution in [1.82, 2.24) is 0 Å². The number of hydrogen-bond acceptors (Lipinski definition) is 1. The Morgan fingerprint density at radius 1 is 1.13 bits per heavy atom. The fraction of sp³-hybridized carbons (Fsp3) is 0.571. The molecule has 0 aliphatic heterocycles. The highest BCUT2D eigenvalue weighted by Crippen LogP contribution is 2.43. The van der Waals surface area contributed by atoms with E-state index in [4.69, 9.17) is 0 Å². The van der Waals surface area contributed by atoms with E-state index in [0.29, 0.717) is 17.8 Å². The highest BCUT2D eigenvalue weighted by atomic mass is 32.1. The molecule has 0 saturated heterocycles. The second-order valence-corrected chi connectivity index (χ2v) is 9.33. The molecule has 0 amide bonds. The Morgan fingerprint density at radius 2 is 1.83 bits per heavy atom. The third kappa shape index (κ3) is 2.98. The van der Waals surface area contributed by atoms with Gasteiger partial charge in [-0.15, -0.1) is 0 Å². The molecule has 1 aliphatic carbocycles. The van der Waals surface area contributed by atoms with Crippen molar-refractivity contribution in [3.8, 4) is 5.69 Å². The summed E-state index contributed by atoms with van der Waals surface area (Å²) in [7, 11) is 0. The van der Waals surface area contributed by atoms with Gasteiger partial charge in [0.25, 0.3) is 0 Å². The summed E-state index contributed by atoms with van der Waals surface area (Å²) in [5.41, 5.74) is 6.90. The average molecular weight is 329 g/mol. The highest BCUT2D eigenvalue weighted by Gasteiger charge is 2.38. The predicted molar refractivity (Wildman–Crippen MR) is 99.8 cm³/mol. The maximum atomic E-state index is 2.51.